The van der Waals surface area contributed by atoms with Crippen molar-refractivity contribution in [2.24, 2.45) is 5.92 Å². The summed E-state index contributed by atoms with van der Waals surface area (Å²) in [6.45, 7) is 5.25. The lowest BCUT2D eigenvalue weighted by molar-refractivity contribution is -0.387. The molecule has 4 heterocycles. The Kier molecular flexibility index (Phi) is 11.3. The SMILES string of the molecule is CC(C)CC1OC(n2cnc3c(N)ncnc32)C(O)N(OCC(=O)NNC(=O)CCCCSC[C@@H]2NC(=O)N[C@@H]2C)C1O. The third-order valence-corrected chi connectivity index (χ3v) is 8.17. The molecule has 2 aromatic heterocycles. The Labute approximate surface area is 252 Å². The van der Waals surface area contributed by atoms with Crippen molar-refractivity contribution in [3.63, 3.8) is 0 Å². The van der Waals surface area contributed by atoms with E-state index >= 15 is 0 Å². The number of hydrogen-bond donors (Lipinski definition) is 7. The molecule has 18 heteroatoms. The van der Waals surface area contributed by atoms with Crippen LogP contribution in [0.4, 0.5) is 10.6 Å². The summed E-state index contributed by atoms with van der Waals surface area (Å²) in [7, 11) is 0. The van der Waals surface area contributed by atoms with Gasteiger partial charge in [0.2, 0.25) is 5.91 Å². The van der Waals surface area contributed by atoms with Gasteiger partial charge < -0.3 is 31.3 Å². The first-order valence-electron chi connectivity index (χ1n) is 14.1. The molecule has 2 fully saturated rings. The number of nitrogens with two attached hydrogens (primary N) is 1. The molecule has 2 aliphatic rings. The number of carbonyl (C=O) groups is 3. The van der Waals surface area contributed by atoms with Gasteiger partial charge in [-0.3, -0.25) is 29.8 Å². The number of ether oxygens (including phenoxy) is 1. The van der Waals surface area contributed by atoms with Gasteiger partial charge in [-0.1, -0.05) is 13.8 Å². The average Bonchev–Trinajstić information content (AvgIpc) is 3.53. The van der Waals surface area contributed by atoms with Crippen LogP contribution in [0.3, 0.4) is 0 Å². The molecule has 0 radical (unpaired) electrons. The Bertz CT molecular complexity index is 1270. The lowest BCUT2D eigenvalue weighted by Gasteiger charge is -2.44. The number of nitrogens with zero attached hydrogens (tertiary/aromatic N) is 5. The van der Waals surface area contributed by atoms with E-state index in [9.17, 15) is 24.6 Å². The van der Waals surface area contributed by atoms with Crippen molar-refractivity contribution in [1.29, 1.82) is 0 Å². The molecule has 17 nitrogen and oxygen atoms in total. The minimum Gasteiger partial charge on any atom is -0.382 e. The predicted molar refractivity (Wildman–Crippen MR) is 155 cm³/mol. The first kappa shape index (κ1) is 32.6. The average molecular weight is 625 g/mol. The second-order valence-corrected chi connectivity index (χ2v) is 12.0. The molecule has 2 saturated heterocycles. The van der Waals surface area contributed by atoms with Crippen molar-refractivity contribution >= 4 is 46.6 Å². The number of nitrogen functional groups attached to an aromatic ring is 1. The van der Waals surface area contributed by atoms with Crippen molar-refractivity contribution in [3.8, 4) is 0 Å². The van der Waals surface area contributed by atoms with Crippen LogP contribution in [0.1, 0.15) is 52.7 Å². The number of urea groups is 1. The van der Waals surface area contributed by atoms with E-state index in [-0.39, 0.29) is 42.2 Å². The summed E-state index contributed by atoms with van der Waals surface area (Å²) in [4.78, 5) is 53.8. The third kappa shape index (κ3) is 8.42. The van der Waals surface area contributed by atoms with Gasteiger partial charge in [-0.05, 0) is 37.9 Å². The van der Waals surface area contributed by atoms with Gasteiger partial charge in [-0.15, -0.1) is 5.06 Å². The number of aromatic nitrogens is 4. The lowest BCUT2D eigenvalue weighted by atomic mass is 10.0. The maximum Gasteiger partial charge on any atom is 0.315 e. The molecule has 2 aliphatic heterocycles. The fraction of sp³-hybridized carbons (Fsp3) is 0.680. The number of aliphatic hydroxyl groups excluding tert-OH is 2. The Morgan fingerprint density at radius 1 is 1.16 bits per heavy atom. The minimum absolute atomic E-state index is 0.0861. The number of aliphatic hydroxyl groups is 2. The molecule has 0 saturated carbocycles. The molecule has 0 aliphatic carbocycles. The second kappa shape index (κ2) is 14.9. The van der Waals surface area contributed by atoms with Crippen molar-refractivity contribution < 1.29 is 34.2 Å². The highest BCUT2D eigenvalue weighted by Crippen LogP contribution is 2.33. The van der Waals surface area contributed by atoms with Gasteiger partial charge >= 0.3 is 6.03 Å². The van der Waals surface area contributed by atoms with Crippen LogP contribution >= 0.6 is 11.8 Å². The van der Waals surface area contributed by atoms with E-state index in [2.05, 4.69) is 36.4 Å². The molecular weight excluding hydrogens is 584 g/mol. The standard InChI is InChI=1S/C25H40N10O7S/c1-13(2)8-16-22(38)35(23(39)24(42-16)34-12-29-19-20(26)27-11-28-21(19)34)41-9-18(37)33-32-17(36)6-4-5-7-43-10-15-14(3)30-25(40)31-15/h11-16,22-24,38-39H,4-10H2,1-3H3,(H,32,36)(H,33,37)(H2,26,27,28)(H2,30,31,40)/t14-,15+,16?,22?,23?,24?/m1/s1. The number of fused-ring (bicyclic) bond motifs is 1. The molecule has 0 spiro atoms. The molecule has 238 valence electrons. The van der Waals surface area contributed by atoms with Crippen molar-refractivity contribution in [2.75, 3.05) is 23.8 Å². The molecule has 6 atom stereocenters. The van der Waals surface area contributed by atoms with Gasteiger partial charge in [0.05, 0.1) is 12.4 Å². The number of hydrogen-bond acceptors (Lipinski definition) is 13. The first-order chi connectivity index (χ1) is 20.5. The van der Waals surface area contributed by atoms with Crippen molar-refractivity contribution in [1.82, 2.24) is 46.1 Å². The Balaban J connectivity index is 1.23. The van der Waals surface area contributed by atoms with Gasteiger partial charge in [0, 0.05) is 18.2 Å². The van der Waals surface area contributed by atoms with Crippen molar-refractivity contribution in [3.05, 3.63) is 12.7 Å². The first-order valence-corrected chi connectivity index (χ1v) is 15.3. The quantitative estimate of drug-likeness (QED) is 0.109. The maximum atomic E-state index is 12.4. The number of carbonyl (C=O) groups excluding carboxylic acids is 3. The number of anilines is 1. The number of amides is 4. The molecule has 2 aromatic rings. The zero-order valence-electron chi connectivity index (χ0n) is 24.3. The Morgan fingerprint density at radius 3 is 2.65 bits per heavy atom. The Hall–Kier alpha value is -3.29. The normalized spacial score (nSPS) is 26.0. The largest absolute Gasteiger partial charge is 0.382 e. The second-order valence-electron chi connectivity index (χ2n) is 10.9. The van der Waals surface area contributed by atoms with Gasteiger partial charge in [0.25, 0.3) is 5.91 Å². The molecule has 43 heavy (non-hydrogen) atoms. The predicted octanol–water partition coefficient (Wildman–Crippen LogP) is -0.657. The molecule has 4 rings (SSSR count). The molecule has 4 unspecified atom stereocenters. The van der Waals surface area contributed by atoms with Crippen LogP contribution in [-0.2, 0) is 19.2 Å². The van der Waals surface area contributed by atoms with Gasteiger partial charge in [-0.25, -0.2) is 19.7 Å². The number of thioether (sulfide) groups is 1. The zero-order chi connectivity index (χ0) is 31.1. The smallest absolute Gasteiger partial charge is 0.315 e. The number of imidazole rings is 1. The monoisotopic (exact) mass is 624 g/mol. The van der Waals surface area contributed by atoms with E-state index in [1.54, 1.807) is 11.8 Å². The van der Waals surface area contributed by atoms with Crippen LogP contribution in [-0.4, -0.2) is 101 Å². The zero-order valence-corrected chi connectivity index (χ0v) is 25.1. The topological polar surface area (TPSA) is 231 Å². The number of unbranched alkanes of at least 4 members (excludes halogenated alkanes) is 1. The number of morpholine rings is 1. The maximum absolute atomic E-state index is 12.4. The molecule has 0 bridgehead atoms. The number of hydrazine groups is 1. The summed E-state index contributed by atoms with van der Waals surface area (Å²) in [5.74, 6) is 0.850. The van der Waals surface area contributed by atoms with Crippen molar-refractivity contribution in [2.45, 2.75) is 83.3 Å². The fourth-order valence-electron chi connectivity index (χ4n) is 4.73. The summed E-state index contributed by atoms with van der Waals surface area (Å²) in [5.41, 5.74) is 11.1. The van der Waals surface area contributed by atoms with Crippen LogP contribution in [0.5, 0.6) is 0 Å². The van der Waals surface area contributed by atoms with Crippen LogP contribution in [0, 0.1) is 5.92 Å². The fourth-order valence-corrected chi connectivity index (χ4v) is 5.93. The van der Waals surface area contributed by atoms with E-state index in [4.69, 9.17) is 15.3 Å². The lowest BCUT2D eigenvalue weighted by Crippen LogP contribution is -2.59. The summed E-state index contributed by atoms with van der Waals surface area (Å²) in [6.07, 6.45) is -0.145. The molecular formula is C25H40N10O7S. The highest BCUT2D eigenvalue weighted by Gasteiger charge is 2.45. The minimum atomic E-state index is -1.56. The van der Waals surface area contributed by atoms with E-state index in [0.29, 0.717) is 24.0 Å². The van der Waals surface area contributed by atoms with E-state index in [0.717, 1.165) is 23.0 Å². The highest BCUT2D eigenvalue weighted by atomic mass is 32.2. The molecule has 8 N–H and O–H groups in total. The van der Waals surface area contributed by atoms with Gasteiger partial charge in [-0.2, -0.15) is 11.8 Å². The van der Waals surface area contributed by atoms with Crippen LogP contribution in [0.25, 0.3) is 11.2 Å². The van der Waals surface area contributed by atoms with Gasteiger partial charge in [0.1, 0.15) is 24.6 Å². The van der Waals surface area contributed by atoms with Crippen LogP contribution in [0.15, 0.2) is 12.7 Å². The summed E-state index contributed by atoms with van der Waals surface area (Å²) < 4.78 is 7.50. The number of hydroxylamine groups is 2. The summed E-state index contributed by atoms with van der Waals surface area (Å²) in [5, 5.41) is 28.6. The van der Waals surface area contributed by atoms with Crippen LogP contribution in [0.2, 0.25) is 0 Å². The summed E-state index contributed by atoms with van der Waals surface area (Å²) >= 11 is 1.71. The van der Waals surface area contributed by atoms with Gasteiger partial charge in [0.15, 0.2) is 30.1 Å². The molecule has 0 aromatic carbocycles. The number of rotatable bonds is 13. The van der Waals surface area contributed by atoms with E-state index in [1.807, 2.05) is 20.8 Å². The summed E-state index contributed by atoms with van der Waals surface area (Å²) in [6, 6.07) is 0.0244. The number of nitrogens with one attached hydrogen (secondary N) is 4. The van der Waals surface area contributed by atoms with E-state index in [1.165, 1.54) is 17.2 Å². The van der Waals surface area contributed by atoms with E-state index < -0.39 is 37.3 Å². The molecule has 4 amide bonds. The van der Waals surface area contributed by atoms with Crippen LogP contribution < -0.4 is 27.2 Å². The highest BCUT2D eigenvalue weighted by molar-refractivity contribution is 7.99. The third-order valence-electron chi connectivity index (χ3n) is 6.99. The Morgan fingerprint density at radius 2 is 1.93 bits per heavy atom.